The molecule has 9 nitrogen and oxygen atoms in total. The minimum atomic E-state index is -3.62. The van der Waals surface area contributed by atoms with Gasteiger partial charge in [-0.1, -0.05) is 42.5 Å². The van der Waals surface area contributed by atoms with Gasteiger partial charge in [-0.15, -0.1) is 0 Å². The number of carbonyl (C=O) groups is 3. The van der Waals surface area contributed by atoms with Gasteiger partial charge in [0.15, 0.2) is 0 Å². The Labute approximate surface area is 181 Å². The molecule has 1 aliphatic rings. The van der Waals surface area contributed by atoms with Crippen LogP contribution < -0.4 is 10.0 Å². The lowest BCUT2D eigenvalue weighted by Crippen LogP contribution is -2.52. The Kier molecular flexibility index (Phi) is 6.84. The van der Waals surface area contributed by atoms with E-state index >= 15 is 0 Å². The first kappa shape index (κ1) is 22.6. The minimum Gasteiger partial charge on any atom is -0.353 e. The predicted octanol–water partition coefficient (Wildman–Crippen LogP) is 0.406. The molecule has 0 spiro atoms. The number of hydrogen-bond acceptors (Lipinski definition) is 5. The molecule has 1 unspecified atom stereocenters. The molecule has 2 N–H and O–H groups in total. The highest BCUT2D eigenvalue weighted by Crippen LogP contribution is 2.26. The average Bonchev–Trinajstić information content (AvgIpc) is 3.00. The summed E-state index contributed by atoms with van der Waals surface area (Å²) in [4.78, 5) is 39.8. The fourth-order valence-electron chi connectivity index (χ4n) is 3.24. The average molecular weight is 445 g/mol. The highest BCUT2D eigenvalue weighted by Gasteiger charge is 2.42. The zero-order chi connectivity index (χ0) is 22.6. The lowest BCUT2D eigenvalue weighted by molar-refractivity contribution is -0.124. The largest absolute Gasteiger partial charge is 0.353 e. The molecule has 0 saturated heterocycles. The second-order valence-electron chi connectivity index (χ2n) is 7.20. The van der Waals surface area contributed by atoms with Gasteiger partial charge < -0.3 is 5.32 Å². The fourth-order valence-corrected chi connectivity index (χ4v) is 3.86. The smallest absolute Gasteiger partial charge is 0.278 e. The number of hydrogen-bond donors (Lipinski definition) is 2. The molecule has 1 heterocycles. The maximum Gasteiger partial charge on any atom is 0.278 e. The summed E-state index contributed by atoms with van der Waals surface area (Å²) in [6.07, 6.45) is 0.140. The van der Waals surface area contributed by atoms with E-state index in [0.29, 0.717) is 0 Å². The van der Waals surface area contributed by atoms with Crippen molar-refractivity contribution in [3.63, 3.8) is 0 Å². The second-order valence-corrected chi connectivity index (χ2v) is 9.17. The van der Waals surface area contributed by atoms with E-state index < -0.39 is 34.0 Å². The molecule has 2 aromatic carbocycles. The van der Waals surface area contributed by atoms with Crippen molar-refractivity contribution >= 4 is 27.9 Å². The molecule has 1 atom stereocenters. The molecule has 0 aromatic heterocycles. The number of fused-ring (bicyclic) bond motifs is 1. The number of nitrogens with one attached hydrogen (secondary N) is 2. The molecule has 0 fully saturated rings. The standard InChI is InChI=1S/C21H24N4O5S/c1-24(2)31(29,30)23-13-12-22-19(26)18(14-15-8-4-3-5-9-15)25-20(27)16-10-6-7-11-17(16)21(25)28/h3-11,18,23H,12-14H2,1-2H3,(H,22,26). The van der Waals surface area contributed by atoms with E-state index in [1.54, 1.807) is 24.3 Å². The van der Waals surface area contributed by atoms with Crippen LogP contribution in [-0.2, 0) is 21.4 Å². The van der Waals surface area contributed by atoms with Gasteiger partial charge in [0, 0.05) is 33.6 Å². The maximum absolute atomic E-state index is 13.0. The normalized spacial score (nSPS) is 14.6. The van der Waals surface area contributed by atoms with E-state index in [2.05, 4.69) is 10.0 Å². The number of rotatable bonds is 9. The fraction of sp³-hybridized carbons (Fsp3) is 0.286. The molecule has 31 heavy (non-hydrogen) atoms. The van der Waals surface area contributed by atoms with E-state index in [9.17, 15) is 22.8 Å². The van der Waals surface area contributed by atoms with Crippen LogP contribution in [0.1, 0.15) is 26.3 Å². The molecule has 0 bridgehead atoms. The Morgan fingerprint density at radius 2 is 1.48 bits per heavy atom. The summed E-state index contributed by atoms with van der Waals surface area (Å²) >= 11 is 0. The molecule has 2 aromatic rings. The van der Waals surface area contributed by atoms with Gasteiger partial charge in [-0.2, -0.15) is 12.7 Å². The summed E-state index contributed by atoms with van der Waals surface area (Å²) in [5, 5.41) is 2.63. The maximum atomic E-state index is 13.0. The van der Waals surface area contributed by atoms with Gasteiger partial charge in [-0.05, 0) is 17.7 Å². The summed E-state index contributed by atoms with van der Waals surface area (Å²) in [7, 11) is -0.845. The minimum absolute atomic E-state index is 0.000360. The zero-order valence-electron chi connectivity index (χ0n) is 17.2. The summed E-state index contributed by atoms with van der Waals surface area (Å²) < 4.78 is 26.9. The number of amides is 3. The van der Waals surface area contributed by atoms with Crippen LogP contribution in [0.4, 0.5) is 0 Å². The predicted molar refractivity (Wildman–Crippen MR) is 114 cm³/mol. The molecule has 3 rings (SSSR count). The molecule has 1 aliphatic heterocycles. The van der Waals surface area contributed by atoms with E-state index in [-0.39, 0.29) is 30.6 Å². The first-order valence-electron chi connectivity index (χ1n) is 9.68. The molecule has 10 heteroatoms. The Morgan fingerprint density at radius 1 is 0.935 bits per heavy atom. The van der Waals surface area contributed by atoms with Crippen molar-refractivity contribution in [2.75, 3.05) is 27.2 Å². The SMILES string of the molecule is CN(C)S(=O)(=O)NCCNC(=O)C(Cc1ccccc1)N1C(=O)c2ccccc2C1=O. The van der Waals surface area contributed by atoms with Crippen LogP contribution in [0.3, 0.4) is 0 Å². The summed E-state index contributed by atoms with van der Waals surface area (Å²) in [6, 6.07) is 14.4. The van der Waals surface area contributed by atoms with Gasteiger partial charge in [0.1, 0.15) is 6.04 Å². The van der Waals surface area contributed by atoms with Crippen molar-refractivity contribution in [2.45, 2.75) is 12.5 Å². The van der Waals surface area contributed by atoms with Gasteiger partial charge in [-0.3, -0.25) is 19.3 Å². The Bertz CT molecular complexity index is 1050. The highest BCUT2D eigenvalue weighted by atomic mass is 32.2. The molecule has 3 amide bonds. The van der Waals surface area contributed by atoms with Gasteiger partial charge >= 0.3 is 0 Å². The van der Waals surface area contributed by atoms with Crippen LogP contribution >= 0.6 is 0 Å². The van der Waals surface area contributed by atoms with Gasteiger partial charge in [-0.25, -0.2) is 4.72 Å². The number of imide groups is 1. The number of nitrogens with zero attached hydrogens (tertiary/aromatic N) is 2. The molecule has 164 valence electrons. The van der Waals surface area contributed by atoms with Crippen molar-refractivity contribution in [1.82, 2.24) is 19.2 Å². The monoisotopic (exact) mass is 444 g/mol. The molecule has 0 aliphatic carbocycles. The van der Waals surface area contributed by atoms with Crippen molar-refractivity contribution in [3.05, 3.63) is 71.3 Å². The number of benzene rings is 2. The van der Waals surface area contributed by atoms with Crippen LogP contribution in [0.2, 0.25) is 0 Å². The van der Waals surface area contributed by atoms with Gasteiger partial charge in [0.2, 0.25) is 5.91 Å². The molecule has 0 radical (unpaired) electrons. The highest BCUT2D eigenvalue weighted by molar-refractivity contribution is 7.87. The molecule has 0 saturated carbocycles. The summed E-state index contributed by atoms with van der Waals surface area (Å²) in [5.41, 5.74) is 1.31. The number of carbonyl (C=O) groups excluding carboxylic acids is 3. The van der Waals surface area contributed by atoms with Crippen molar-refractivity contribution in [2.24, 2.45) is 0 Å². The van der Waals surface area contributed by atoms with Crippen LogP contribution in [0.15, 0.2) is 54.6 Å². The van der Waals surface area contributed by atoms with Gasteiger partial charge in [0.05, 0.1) is 11.1 Å². The zero-order valence-corrected chi connectivity index (χ0v) is 18.1. The first-order valence-corrected chi connectivity index (χ1v) is 11.1. The lowest BCUT2D eigenvalue weighted by atomic mass is 10.0. The van der Waals surface area contributed by atoms with Crippen molar-refractivity contribution in [3.8, 4) is 0 Å². The summed E-state index contributed by atoms with van der Waals surface area (Å²) in [6.45, 7) is -0.0349. The third-order valence-electron chi connectivity index (χ3n) is 4.90. The Hall–Kier alpha value is -3.08. The second kappa shape index (κ2) is 9.38. The third-order valence-corrected chi connectivity index (χ3v) is 6.43. The van der Waals surface area contributed by atoms with Crippen LogP contribution in [-0.4, -0.2) is 68.6 Å². The summed E-state index contributed by atoms with van der Waals surface area (Å²) in [5.74, 6) is -1.59. The molecular weight excluding hydrogens is 420 g/mol. The van der Waals surface area contributed by atoms with Crippen molar-refractivity contribution < 1.29 is 22.8 Å². The topological polar surface area (TPSA) is 116 Å². The van der Waals surface area contributed by atoms with Crippen LogP contribution in [0, 0.1) is 0 Å². The van der Waals surface area contributed by atoms with E-state index in [4.69, 9.17) is 0 Å². The first-order chi connectivity index (χ1) is 14.7. The van der Waals surface area contributed by atoms with Crippen LogP contribution in [0.5, 0.6) is 0 Å². The van der Waals surface area contributed by atoms with E-state index in [1.165, 1.54) is 14.1 Å². The lowest BCUT2D eigenvalue weighted by Gasteiger charge is -2.25. The van der Waals surface area contributed by atoms with Crippen LogP contribution in [0.25, 0.3) is 0 Å². The quantitative estimate of drug-likeness (QED) is 0.429. The van der Waals surface area contributed by atoms with Crippen molar-refractivity contribution in [1.29, 1.82) is 0 Å². The van der Waals surface area contributed by atoms with E-state index in [1.807, 2.05) is 30.3 Å². The Morgan fingerprint density at radius 3 is 2.03 bits per heavy atom. The van der Waals surface area contributed by atoms with E-state index in [0.717, 1.165) is 14.8 Å². The Balaban J connectivity index is 1.77. The molecular formula is C21H24N4O5S. The third kappa shape index (κ3) is 4.98. The van der Waals surface area contributed by atoms with Gasteiger partial charge in [0.25, 0.3) is 22.0 Å².